The van der Waals surface area contributed by atoms with Gasteiger partial charge in [-0.2, -0.15) is 11.2 Å². The van der Waals surface area contributed by atoms with Crippen molar-refractivity contribution in [1.82, 2.24) is 9.47 Å². The van der Waals surface area contributed by atoms with Gasteiger partial charge in [-0.3, -0.25) is 0 Å². The second kappa shape index (κ2) is 17.8. The molecule has 1 aliphatic rings. The third-order valence-electron chi connectivity index (χ3n) is 7.68. The molecule has 7 aromatic rings. The van der Waals surface area contributed by atoms with Crippen molar-refractivity contribution in [2.45, 2.75) is 13.8 Å². The van der Waals surface area contributed by atoms with Crippen molar-refractivity contribution in [2.24, 2.45) is 7.05 Å². The number of aryl methyl sites for hydroxylation is 2. The zero-order chi connectivity index (χ0) is 31.4. The first-order valence-electron chi connectivity index (χ1n) is 13.6. The van der Waals surface area contributed by atoms with E-state index in [0.717, 1.165) is 55.3 Å². The molecule has 3 aromatic heterocycles. The van der Waals surface area contributed by atoms with Crippen LogP contribution in [0.25, 0.3) is 49.6 Å². The van der Waals surface area contributed by atoms with Crippen LogP contribution in [-0.4, -0.2) is 16.5 Å². The van der Waals surface area contributed by atoms with Crippen LogP contribution in [0.5, 0.6) is 0 Å². The number of fused-ring (bicyclic) bond motifs is 6. The molecule has 46 heavy (non-hydrogen) atoms. The molecule has 0 saturated carbocycles. The second-order valence-corrected chi connectivity index (χ2v) is 10.3. The summed E-state index contributed by atoms with van der Waals surface area (Å²) in [6.45, 7) is 6.25. The first kappa shape index (κ1) is 39.0. The number of hydrogen-bond donors (Lipinski definition) is 0. The molecule has 7 nitrogen and oxygen atoms in total. The van der Waals surface area contributed by atoms with Crippen LogP contribution in [0.3, 0.4) is 0 Å². The normalized spacial score (nSPS) is 12.0. The van der Waals surface area contributed by atoms with E-state index < -0.39 is 0 Å². The number of halogens is 2. The number of allylic oxidation sites excluding steroid dienone is 1. The molecule has 4 heterocycles. The van der Waals surface area contributed by atoms with Crippen LogP contribution in [0.2, 0.25) is 0 Å². The predicted molar refractivity (Wildman–Crippen MR) is 176 cm³/mol. The molecule has 12 heteroatoms. The van der Waals surface area contributed by atoms with Crippen LogP contribution in [0, 0.1) is 13.6 Å². The Hall–Kier alpha value is -1.49. The quantitative estimate of drug-likeness (QED) is 0.0980. The van der Waals surface area contributed by atoms with Gasteiger partial charge in [0.25, 0.3) is 0 Å². The van der Waals surface area contributed by atoms with Gasteiger partial charge in [0.05, 0.1) is 12.7 Å². The topological polar surface area (TPSA) is 58.6 Å². The SMILES string of the molecule is CC1=CN(c2cccc3c2oc2ccccc23)[CH-]N1C.Cc1c[n+](-c2cccc3c2oc2ccccc23)cn1C.[Ag].[Ag][I].[I-].[O]=[Ag]. The van der Waals surface area contributed by atoms with Gasteiger partial charge in [0.1, 0.15) is 23.1 Å². The number of aromatic nitrogens is 2. The number of para-hydroxylation sites is 4. The van der Waals surface area contributed by atoms with Crippen LogP contribution in [0.15, 0.2) is 118 Å². The van der Waals surface area contributed by atoms with Gasteiger partial charge in [-0.05, 0) is 50.1 Å². The maximum atomic E-state index is 8.06. The molecular weight excluding hydrogens is 1090 g/mol. The molecule has 0 spiro atoms. The van der Waals surface area contributed by atoms with E-state index >= 15 is 0 Å². The minimum absolute atomic E-state index is 0. The zero-order valence-electron chi connectivity index (χ0n) is 25.1. The van der Waals surface area contributed by atoms with E-state index in [1.165, 1.54) is 11.4 Å². The molecule has 0 bridgehead atoms. The summed E-state index contributed by atoms with van der Waals surface area (Å²) >= 11 is 6.58. The molecule has 0 fully saturated rings. The summed E-state index contributed by atoms with van der Waals surface area (Å²) in [7, 11) is 4.09. The Morgan fingerprint density at radius 3 is 1.80 bits per heavy atom. The molecule has 1 radical (unpaired) electrons. The average molecular weight is 1120 g/mol. The van der Waals surface area contributed by atoms with Gasteiger partial charge < -0.3 is 42.6 Å². The monoisotopic (exact) mass is 1120 g/mol. The molecule has 252 valence electrons. The summed E-state index contributed by atoms with van der Waals surface area (Å²) in [4.78, 5) is 4.21. The Bertz CT molecular complexity index is 2090. The Balaban J connectivity index is 0.000000218. The summed E-state index contributed by atoms with van der Waals surface area (Å²) in [6.07, 6.45) is 6.29. The van der Waals surface area contributed by atoms with E-state index in [-0.39, 0.29) is 46.4 Å². The van der Waals surface area contributed by atoms with E-state index in [2.05, 4.69) is 124 Å². The van der Waals surface area contributed by atoms with Crippen molar-refractivity contribution in [3.8, 4) is 5.69 Å². The molecule has 0 N–H and O–H groups in total. The molecule has 0 atom stereocenters. The van der Waals surface area contributed by atoms with Crippen LogP contribution in [0.4, 0.5) is 5.69 Å². The van der Waals surface area contributed by atoms with Gasteiger partial charge in [-0.1, -0.05) is 60.7 Å². The Morgan fingerprint density at radius 1 is 0.739 bits per heavy atom. The fourth-order valence-corrected chi connectivity index (χ4v) is 5.34. The number of anilines is 1. The number of nitrogens with zero attached hydrogens (tertiary/aromatic N) is 4. The molecule has 0 saturated heterocycles. The summed E-state index contributed by atoms with van der Waals surface area (Å²) < 4.78 is 24.4. The van der Waals surface area contributed by atoms with Gasteiger partial charge in [0, 0.05) is 50.8 Å². The molecule has 0 aliphatic carbocycles. The number of benzene rings is 4. The van der Waals surface area contributed by atoms with E-state index in [0.29, 0.717) is 0 Å². The Morgan fingerprint density at radius 2 is 1.26 bits per heavy atom. The van der Waals surface area contributed by atoms with Crippen molar-refractivity contribution < 1.29 is 101 Å². The summed E-state index contributed by atoms with van der Waals surface area (Å²) in [5, 5.41) is 4.65. The fraction of sp³-hybridized carbons (Fsp3) is 0.118. The van der Waals surface area contributed by atoms with E-state index in [1.807, 2.05) is 69.5 Å². The average Bonchev–Trinajstić information content (AvgIpc) is 3.82. The predicted octanol–water partition coefficient (Wildman–Crippen LogP) is 5.59. The van der Waals surface area contributed by atoms with Crippen LogP contribution in [0.1, 0.15) is 12.6 Å². The Kier molecular flexibility index (Phi) is 15.1. The van der Waals surface area contributed by atoms with Crippen LogP contribution >= 0.6 is 19.0 Å². The number of imidazole rings is 1. The third-order valence-corrected chi connectivity index (χ3v) is 7.68. The first-order valence-corrected chi connectivity index (χ1v) is 18.6. The molecule has 0 amide bonds. The van der Waals surface area contributed by atoms with Crippen molar-refractivity contribution in [3.63, 3.8) is 0 Å². The van der Waals surface area contributed by atoms with Gasteiger partial charge in [-0.15, -0.1) is 0 Å². The first-order chi connectivity index (χ1) is 21.5. The summed E-state index contributed by atoms with van der Waals surface area (Å²) in [5.41, 5.74) is 8.29. The van der Waals surface area contributed by atoms with E-state index in [1.54, 1.807) is 21.0 Å². The van der Waals surface area contributed by atoms with E-state index in [9.17, 15) is 0 Å². The van der Waals surface area contributed by atoms with Crippen molar-refractivity contribution in [1.29, 1.82) is 0 Å². The summed E-state index contributed by atoms with van der Waals surface area (Å²) in [6, 6.07) is 28.9. The maximum absolute atomic E-state index is 8.06. The van der Waals surface area contributed by atoms with Crippen LogP contribution < -0.4 is 33.4 Å². The number of furan rings is 2. The van der Waals surface area contributed by atoms with Crippen LogP contribution in [-0.2, 0) is 71.0 Å². The third kappa shape index (κ3) is 7.86. The summed E-state index contributed by atoms with van der Waals surface area (Å²) in [5.74, 6) is 0. The minimum atomic E-state index is 0. The number of hydrogen-bond acceptors (Lipinski definition) is 5. The van der Waals surface area contributed by atoms with Crippen molar-refractivity contribution in [3.05, 3.63) is 122 Å². The van der Waals surface area contributed by atoms with E-state index in [4.69, 9.17) is 12.1 Å². The van der Waals surface area contributed by atoms with Gasteiger partial charge in [-0.25, -0.2) is 4.57 Å². The Labute approximate surface area is 335 Å². The zero-order valence-corrected chi connectivity index (χ0v) is 33.8. The molecule has 0 unspecified atom stereocenters. The second-order valence-electron chi connectivity index (χ2n) is 10.3. The van der Waals surface area contributed by atoms with Gasteiger partial charge in [0.15, 0.2) is 16.9 Å². The molecule has 8 rings (SSSR count). The molecule has 4 aromatic carbocycles. The standard InChI is InChI=1S/2C17H15N2O.3Ag.2HI.O/c2*1-12-10-19(11-18(12)2)15-8-5-7-14-13-6-3-4-9-16(13)20-17(14)15;;;;;;/h2*3-11H,1-2H3;;;;2*1H;/q-1;+1;;;+1;;;/p-2. The van der Waals surface area contributed by atoms with Gasteiger partial charge >= 0.3 is 60.6 Å². The van der Waals surface area contributed by atoms with Gasteiger partial charge in [0.2, 0.25) is 6.33 Å². The number of rotatable bonds is 2. The van der Waals surface area contributed by atoms with Crippen molar-refractivity contribution in [2.75, 3.05) is 11.9 Å². The molecule has 1 aliphatic heterocycles. The van der Waals surface area contributed by atoms with Crippen molar-refractivity contribution >= 4 is 68.6 Å². The molecular formula is C34H30Ag3I2N4O3-. The fourth-order valence-electron chi connectivity index (χ4n) is 5.34.